The Morgan fingerprint density at radius 2 is 2.06 bits per heavy atom. The van der Waals surface area contributed by atoms with E-state index in [2.05, 4.69) is 26.1 Å². The first kappa shape index (κ1) is 23.0. The third kappa shape index (κ3) is 4.61. The minimum Gasteiger partial charge on any atom is -0.469 e. The second-order valence-corrected chi connectivity index (χ2v) is 9.45. The first-order valence-corrected chi connectivity index (χ1v) is 12.2. The molecule has 32 heavy (non-hydrogen) atoms. The number of carbonyl (C=O) groups is 1. The molecule has 7 nitrogen and oxygen atoms in total. The van der Waals surface area contributed by atoms with Gasteiger partial charge in [-0.1, -0.05) is 57.5 Å². The Morgan fingerprint density at radius 3 is 2.81 bits per heavy atom. The fraction of sp³-hybridized carbons (Fsp3) is 0.273. The monoisotopic (exact) mass is 533 g/mol. The van der Waals surface area contributed by atoms with Crippen molar-refractivity contribution in [3.63, 3.8) is 0 Å². The Morgan fingerprint density at radius 1 is 1.25 bits per heavy atom. The normalized spacial score (nSPS) is 14.9. The molecule has 1 aliphatic heterocycles. The van der Waals surface area contributed by atoms with Gasteiger partial charge in [0.1, 0.15) is 6.04 Å². The molecule has 0 aliphatic carbocycles. The predicted molar refractivity (Wildman–Crippen MR) is 130 cm³/mol. The van der Waals surface area contributed by atoms with Crippen LogP contribution in [0.4, 0.5) is 0 Å². The van der Waals surface area contributed by atoms with Gasteiger partial charge in [0.2, 0.25) is 0 Å². The number of nitrogens with two attached hydrogens (primary N) is 1. The maximum Gasteiger partial charge on any atom is 0.305 e. The van der Waals surface area contributed by atoms with E-state index in [0.29, 0.717) is 29.6 Å². The molecular weight excluding hydrogens is 514 g/mol. The summed E-state index contributed by atoms with van der Waals surface area (Å²) in [5.74, 6) is 1.07. The van der Waals surface area contributed by atoms with Crippen LogP contribution in [-0.2, 0) is 9.53 Å². The van der Waals surface area contributed by atoms with Gasteiger partial charge in [-0.3, -0.25) is 14.4 Å². The summed E-state index contributed by atoms with van der Waals surface area (Å²) in [7, 11) is 1.38. The highest BCUT2D eigenvalue weighted by molar-refractivity contribution is 9.10. The van der Waals surface area contributed by atoms with E-state index in [-0.39, 0.29) is 12.4 Å². The second kappa shape index (κ2) is 10.2. The number of aliphatic imine (C=N–C) groups is 1. The number of methoxy groups -OCH3 is 1. The van der Waals surface area contributed by atoms with Crippen molar-refractivity contribution in [3.05, 3.63) is 68.9 Å². The SMILES string of the molecule is COC(=O)CC[C@@H]1N=C(c2ccccc2Cl)c2cc(Br)ccc2-n2c(SCCN)nnc21. The van der Waals surface area contributed by atoms with Gasteiger partial charge in [0.25, 0.3) is 0 Å². The first-order chi connectivity index (χ1) is 15.5. The van der Waals surface area contributed by atoms with Crippen molar-refractivity contribution in [2.24, 2.45) is 10.7 Å². The Labute approximate surface area is 203 Å². The van der Waals surface area contributed by atoms with Gasteiger partial charge in [-0.05, 0) is 30.7 Å². The highest BCUT2D eigenvalue weighted by Crippen LogP contribution is 2.37. The average molecular weight is 535 g/mol. The average Bonchev–Trinajstić information content (AvgIpc) is 3.16. The number of ether oxygens (including phenoxy) is 1. The van der Waals surface area contributed by atoms with Crippen LogP contribution in [0.25, 0.3) is 5.69 Å². The van der Waals surface area contributed by atoms with Crippen molar-refractivity contribution in [2.75, 3.05) is 19.4 Å². The summed E-state index contributed by atoms with van der Waals surface area (Å²) in [6, 6.07) is 13.2. The molecule has 4 rings (SSSR count). The van der Waals surface area contributed by atoms with Gasteiger partial charge >= 0.3 is 5.97 Å². The zero-order chi connectivity index (χ0) is 22.7. The van der Waals surface area contributed by atoms with Crippen molar-refractivity contribution in [2.45, 2.75) is 24.0 Å². The predicted octanol–water partition coefficient (Wildman–Crippen LogP) is 4.58. The molecule has 0 amide bonds. The Balaban J connectivity index is 1.94. The lowest BCUT2D eigenvalue weighted by Crippen LogP contribution is -2.09. The number of nitrogens with zero attached hydrogens (tertiary/aromatic N) is 4. The van der Waals surface area contributed by atoms with Gasteiger partial charge in [-0.25, -0.2) is 0 Å². The number of carbonyl (C=O) groups excluding carboxylic acids is 1. The summed E-state index contributed by atoms with van der Waals surface area (Å²) in [5, 5.41) is 10.2. The summed E-state index contributed by atoms with van der Waals surface area (Å²) < 4.78 is 7.77. The number of thioether (sulfide) groups is 1. The highest BCUT2D eigenvalue weighted by atomic mass is 79.9. The van der Waals surface area contributed by atoms with Crippen molar-refractivity contribution >= 4 is 51.0 Å². The number of aromatic nitrogens is 3. The number of rotatable bonds is 7. The van der Waals surface area contributed by atoms with Crippen LogP contribution in [0.3, 0.4) is 0 Å². The van der Waals surface area contributed by atoms with E-state index in [4.69, 9.17) is 27.1 Å². The van der Waals surface area contributed by atoms with E-state index >= 15 is 0 Å². The van der Waals surface area contributed by atoms with Gasteiger partial charge in [-0.2, -0.15) is 0 Å². The standard InChI is InChI=1S/C22H21BrClN5O2S/c1-31-19(30)9-7-17-21-27-28-22(32-11-10-25)29(21)18-8-6-13(23)12-15(18)20(26-17)14-4-2-3-5-16(14)24/h2-6,8,12,17H,7,9-11,25H2,1H3/t17-/m0/s1. The first-order valence-electron chi connectivity index (χ1n) is 10.0. The largest absolute Gasteiger partial charge is 0.469 e. The number of halogens is 2. The Kier molecular flexibility index (Phi) is 7.30. The minimum absolute atomic E-state index is 0.207. The fourth-order valence-corrected chi connectivity index (χ4v) is 4.87. The molecule has 0 unspecified atom stereocenters. The smallest absolute Gasteiger partial charge is 0.305 e. The van der Waals surface area contributed by atoms with Gasteiger partial charge in [0.05, 0.1) is 18.5 Å². The number of fused-ring (bicyclic) bond motifs is 3. The molecule has 2 aromatic carbocycles. The van der Waals surface area contributed by atoms with Crippen LogP contribution in [-0.4, -0.2) is 45.9 Å². The molecule has 0 saturated carbocycles. The van der Waals surface area contributed by atoms with Crippen LogP contribution in [0.2, 0.25) is 5.02 Å². The molecule has 10 heteroatoms. The number of hydrogen-bond donors (Lipinski definition) is 1. The number of benzene rings is 2. The molecule has 1 aromatic heterocycles. The second-order valence-electron chi connectivity index (χ2n) is 7.06. The molecule has 0 radical (unpaired) electrons. The van der Waals surface area contributed by atoms with Crippen molar-refractivity contribution in [3.8, 4) is 5.69 Å². The summed E-state index contributed by atoms with van der Waals surface area (Å²) >= 11 is 11.7. The van der Waals surface area contributed by atoms with Gasteiger partial charge in [0.15, 0.2) is 11.0 Å². The van der Waals surface area contributed by atoms with Crippen molar-refractivity contribution in [1.29, 1.82) is 0 Å². The Hall–Kier alpha value is -2.20. The minimum atomic E-state index is -0.411. The summed E-state index contributed by atoms with van der Waals surface area (Å²) in [6.45, 7) is 0.521. The van der Waals surface area contributed by atoms with Crippen LogP contribution in [0.15, 0.2) is 57.1 Å². The molecule has 1 aliphatic rings. The molecule has 2 N–H and O–H groups in total. The third-order valence-electron chi connectivity index (χ3n) is 5.02. The summed E-state index contributed by atoms with van der Waals surface area (Å²) in [4.78, 5) is 17.0. The summed E-state index contributed by atoms with van der Waals surface area (Å²) in [6.07, 6.45) is 0.633. The lowest BCUT2D eigenvalue weighted by atomic mass is 10.00. The zero-order valence-electron chi connectivity index (χ0n) is 17.3. The van der Waals surface area contributed by atoms with Crippen molar-refractivity contribution in [1.82, 2.24) is 14.8 Å². The highest BCUT2D eigenvalue weighted by Gasteiger charge is 2.30. The van der Waals surface area contributed by atoms with E-state index in [1.54, 1.807) is 0 Å². The maximum absolute atomic E-state index is 11.9. The molecule has 0 spiro atoms. The van der Waals surface area contributed by atoms with Gasteiger partial charge in [-0.15, -0.1) is 10.2 Å². The third-order valence-corrected chi connectivity index (χ3v) is 6.81. The Bertz CT molecular complexity index is 1180. The van der Waals surface area contributed by atoms with Crippen LogP contribution in [0, 0.1) is 0 Å². The lowest BCUT2D eigenvalue weighted by Gasteiger charge is -2.14. The molecule has 0 fully saturated rings. The van der Waals surface area contributed by atoms with Crippen molar-refractivity contribution < 1.29 is 9.53 Å². The van der Waals surface area contributed by atoms with E-state index in [1.807, 2.05) is 47.0 Å². The van der Waals surface area contributed by atoms with E-state index in [1.165, 1.54) is 18.9 Å². The maximum atomic E-state index is 11.9. The molecular formula is C22H21BrClN5O2S. The molecule has 1 atom stereocenters. The summed E-state index contributed by atoms with van der Waals surface area (Å²) in [5.41, 5.74) is 9.07. The van der Waals surface area contributed by atoms with Crippen LogP contribution >= 0.6 is 39.3 Å². The van der Waals surface area contributed by atoms with E-state index < -0.39 is 6.04 Å². The molecule has 3 aromatic rings. The topological polar surface area (TPSA) is 95.4 Å². The molecule has 2 heterocycles. The number of hydrogen-bond acceptors (Lipinski definition) is 7. The van der Waals surface area contributed by atoms with E-state index in [0.717, 1.165) is 32.2 Å². The van der Waals surface area contributed by atoms with Gasteiger partial charge in [0, 0.05) is 39.3 Å². The molecule has 0 bridgehead atoms. The fourth-order valence-electron chi connectivity index (χ4n) is 3.56. The molecule has 0 saturated heterocycles. The van der Waals surface area contributed by atoms with Crippen LogP contribution in [0.1, 0.15) is 35.8 Å². The van der Waals surface area contributed by atoms with Gasteiger partial charge < -0.3 is 10.5 Å². The van der Waals surface area contributed by atoms with Crippen LogP contribution in [0.5, 0.6) is 0 Å². The molecule has 166 valence electrons. The van der Waals surface area contributed by atoms with E-state index in [9.17, 15) is 4.79 Å². The zero-order valence-corrected chi connectivity index (χ0v) is 20.5. The number of esters is 1. The lowest BCUT2D eigenvalue weighted by molar-refractivity contribution is -0.140. The van der Waals surface area contributed by atoms with Crippen LogP contribution < -0.4 is 5.73 Å². The quantitative estimate of drug-likeness (QED) is 0.352.